The van der Waals surface area contributed by atoms with Crippen LogP contribution in [0.25, 0.3) is 0 Å². The van der Waals surface area contributed by atoms with Gasteiger partial charge in [-0.05, 0) is 58.6 Å². The Labute approximate surface area is 162 Å². The summed E-state index contributed by atoms with van der Waals surface area (Å²) in [5.41, 5.74) is 6.45. The Morgan fingerprint density at radius 1 is 1.00 bits per heavy atom. The van der Waals surface area contributed by atoms with Crippen molar-refractivity contribution >= 4 is 18.3 Å². The Kier molecular flexibility index (Phi) is 9.59. The number of hydrogen-bond donors (Lipinski definition) is 2. The molecule has 6 nitrogen and oxygen atoms in total. The minimum absolute atomic E-state index is 0. The van der Waals surface area contributed by atoms with E-state index in [4.69, 9.17) is 19.9 Å². The lowest BCUT2D eigenvalue weighted by Gasteiger charge is -2.27. The maximum Gasteiger partial charge on any atom is 0.251 e. The summed E-state index contributed by atoms with van der Waals surface area (Å²) in [6.07, 6.45) is 3.73. The zero-order chi connectivity index (χ0) is 18.2. The number of amides is 1. The molecule has 1 aromatic carbocycles. The lowest BCUT2D eigenvalue weighted by Crippen LogP contribution is -2.40. The van der Waals surface area contributed by atoms with Crippen LogP contribution in [0, 0.1) is 0 Å². The molecule has 7 heteroatoms. The molecule has 1 amide bonds. The lowest BCUT2D eigenvalue weighted by atomic mass is 9.91. The molecule has 1 saturated carbocycles. The number of rotatable bonds is 8. The second-order valence-electron chi connectivity index (χ2n) is 6.19. The quantitative estimate of drug-likeness (QED) is 0.716. The smallest absolute Gasteiger partial charge is 0.251 e. The molecule has 0 heterocycles. The predicted molar refractivity (Wildman–Crippen MR) is 105 cm³/mol. The van der Waals surface area contributed by atoms with Gasteiger partial charge in [0.25, 0.3) is 5.91 Å². The number of nitrogens with two attached hydrogens (primary N) is 1. The maximum absolute atomic E-state index is 12.7. The summed E-state index contributed by atoms with van der Waals surface area (Å²) in [5.74, 6) is 1.49. The molecule has 1 fully saturated rings. The molecule has 1 aromatic rings. The predicted octanol–water partition coefficient (Wildman–Crippen LogP) is 3.30. The third kappa shape index (κ3) is 5.95. The number of halogens is 1. The van der Waals surface area contributed by atoms with Gasteiger partial charge in [-0.15, -0.1) is 12.4 Å². The highest BCUT2D eigenvalue weighted by molar-refractivity contribution is 5.95. The van der Waals surface area contributed by atoms with Crippen LogP contribution in [-0.4, -0.2) is 37.8 Å². The van der Waals surface area contributed by atoms with Gasteiger partial charge in [-0.1, -0.05) is 0 Å². The number of hydrogen-bond acceptors (Lipinski definition) is 5. The Morgan fingerprint density at radius 2 is 1.50 bits per heavy atom. The fraction of sp³-hybridized carbons (Fsp3) is 0.632. The molecule has 1 aliphatic rings. The van der Waals surface area contributed by atoms with Crippen LogP contribution in [0.1, 0.15) is 56.8 Å². The van der Waals surface area contributed by atoms with Crippen LogP contribution in [0.2, 0.25) is 0 Å². The van der Waals surface area contributed by atoms with Crippen LogP contribution in [0.3, 0.4) is 0 Å². The second-order valence-corrected chi connectivity index (χ2v) is 6.19. The zero-order valence-electron chi connectivity index (χ0n) is 15.9. The minimum atomic E-state index is -0.120. The number of ether oxygens (including phenoxy) is 3. The van der Waals surface area contributed by atoms with E-state index in [-0.39, 0.29) is 30.4 Å². The van der Waals surface area contributed by atoms with Crippen LogP contribution in [0.5, 0.6) is 17.2 Å². The first-order valence-corrected chi connectivity index (χ1v) is 9.21. The second kappa shape index (κ2) is 11.1. The van der Waals surface area contributed by atoms with E-state index in [2.05, 4.69) is 5.32 Å². The summed E-state index contributed by atoms with van der Waals surface area (Å²) in [4.78, 5) is 12.7. The Bertz CT molecular complexity index is 548. The van der Waals surface area contributed by atoms with E-state index >= 15 is 0 Å². The summed E-state index contributed by atoms with van der Waals surface area (Å²) in [6.45, 7) is 7.16. The Morgan fingerprint density at radius 3 is 1.96 bits per heavy atom. The topological polar surface area (TPSA) is 82.8 Å². The van der Waals surface area contributed by atoms with E-state index in [1.165, 1.54) is 0 Å². The van der Waals surface area contributed by atoms with E-state index in [0.717, 1.165) is 25.7 Å². The van der Waals surface area contributed by atoms with Gasteiger partial charge in [0.2, 0.25) is 5.75 Å². The van der Waals surface area contributed by atoms with Crippen LogP contribution < -0.4 is 25.3 Å². The lowest BCUT2D eigenvalue weighted by molar-refractivity contribution is 0.0924. The van der Waals surface area contributed by atoms with Crippen molar-refractivity contribution < 1.29 is 19.0 Å². The van der Waals surface area contributed by atoms with Gasteiger partial charge in [-0.3, -0.25) is 4.79 Å². The first-order chi connectivity index (χ1) is 12.1. The fourth-order valence-corrected chi connectivity index (χ4v) is 3.05. The van der Waals surface area contributed by atoms with Crippen molar-refractivity contribution in [3.8, 4) is 17.2 Å². The molecule has 2 rings (SSSR count). The Balaban J connectivity index is 0.00000338. The number of nitrogens with one attached hydrogen (secondary N) is 1. The Hall–Kier alpha value is -1.66. The minimum Gasteiger partial charge on any atom is -0.490 e. The highest BCUT2D eigenvalue weighted by atomic mass is 35.5. The monoisotopic (exact) mass is 386 g/mol. The fourth-order valence-electron chi connectivity index (χ4n) is 3.05. The largest absolute Gasteiger partial charge is 0.490 e. The summed E-state index contributed by atoms with van der Waals surface area (Å²) in [7, 11) is 0. The van der Waals surface area contributed by atoms with Gasteiger partial charge in [0.05, 0.1) is 19.8 Å². The van der Waals surface area contributed by atoms with E-state index in [9.17, 15) is 4.79 Å². The van der Waals surface area contributed by atoms with Gasteiger partial charge in [0.15, 0.2) is 11.5 Å². The molecule has 26 heavy (non-hydrogen) atoms. The number of carbonyl (C=O) groups is 1. The third-order valence-corrected chi connectivity index (χ3v) is 4.28. The van der Waals surface area contributed by atoms with Crippen LogP contribution >= 0.6 is 12.4 Å². The van der Waals surface area contributed by atoms with E-state index in [1.807, 2.05) is 20.8 Å². The van der Waals surface area contributed by atoms with Crippen LogP contribution in [0.15, 0.2) is 12.1 Å². The molecule has 0 saturated heterocycles. The third-order valence-electron chi connectivity index (χ3n) is 4.28. The number of carbonyl (C=O) groups excluding carboxylic acids is 1. The van der Waals surface area contributed by atoms with Gasteiger partial charge < -0.3 is 25.3 Å². The molecule has 0 bridgehead atoms. The zero-order valence-corrected chi connectivity index (χ0v) is 16.7. The molecule has 0 radical (unpaired) electrons. The molecule has 148 valence electrons. The first-order valence-electron chi connectivity index (χ1n) is 9.21. The molecule has 0 unspecified atom stereocenters. The van der Waals surface area contributed by atoms with Crippen molar-refractivity contribution in [1.29, 1.82) is 0 Å². The highest BCUT2D eigenvalue weighted by Gasteiger charge is 2.23. The van der Waals surface area contributed by atoms with E-state index in [0.29, 0.717) is 42.6 Å². The van der Waals surface area contributed by atoms with Gasteiger partial charge in [-0.25, -0.2) is 0 Å². The maximum atomic E-state index is 12.7. The summed E-state index contributed by atoms with van der Waals surface area (Å²) in [6, 6.07) is 3.87. The van der Waals surface area contributed by atoms with Crippen LogP contribution in [0.4, 0.5) is 0 Å². The van der Waals surface area contributed by atoms with Crippen molar-refractivity contribution in [1.82, 2.24) is 5.32 Å². The molecular weight excluding hydrogens is 356 g/mol. The molecule has 0 aliphatic heterocycles. The molecular formula is C19H31ClN2O4. The van der Waals surface area contributed by atoms with E-state index in [1.54, 1.807) is 12.1 Å². The summed E-state index contributed by atoms with van der Waals surface area (Å²) >= 11 is 0. The van der Waals surface area contributed by atoms with Crippen molar-refractivity contribution in [2.24, 2.45) is 5.73 Å². The summed E-state index contributed by atoms with van der Waals surface area (Å²) < 4.78 is 17.0. The van der Waals surface area contributed by atoms with Gasteiger partial charge in [0.1, 0.15) is 0 Å². The standard InChI is InChI=1S/C19H30N2O4.ClH/c1-4-23-16-11-13(12-17(24-5-2)18(16)25-6-3)19(22)21-15-9-7-14(20)8-10-15;/h11-12,14-15H,4-10,20H2,1-3H3,(H,21,22);1H. The van der Waals surface area contributed by atoms with Crippen molar-refractivity contribution in [3.63, 3.8) is 0 Å². The van der Waals surface area contributed by atoms with Crippen LogP contribution in [-0.2, 0) is 0 Å². The average molecular weight is 387 g/mol. The highest BCUT2D eigenvalue weighted by Crippen LogP contribution is 2.39. The molecule has 1 aliphatic carbocycles. The normalized spacial score (nSPS) is 19.2. The molecule has 3 N–H and O–H groups in total. The molecule has 0 atom stereocenters. The number of benzene rings is 1. The van der Waals surface area contributed by atoms with Gasteiger partial charge in [0, 0.05) is 17.6 Å². The SMILES string of the molecule is CCOc1cc(C(=O)NC2CCC(N)CC2)cc(OCC)c1OCC.Cl. The van der Waals surface area contributed by atoms with E-state index < -0.39 is 0 Å². The van der Waals surface area contributed by atoms with Crippen molar-refractivity contribution in [2.75, 3.05) is 19.8 Å². The average Bonchev–Trinajstić information content (AvgIpc) is 2.60. The van der Waals surface area contributed by atoms with Crippen molar-refractivity contribution in [2.45, 2.75) is 58.5 Å². The first kappa shape index (κ1) is 22.4. The van der Waals surface area contributed by atoms with Crippen molar-refractivity contribution in [3.05, 3.63) is 17.7 Å². The summed E-state index contributed by atoms with van der Waals surface area (Å²) in [5, 5.41) is 3.10. The van der Waals surface area contributed by atoms with Gasteiger partial charge in [-0.2, -0.15) is 0 Å². The molecule has 0 aromatic heterocycles. The van der Waals surface area contributed by atoms with Gasteiger partial charge >= 0.3 is 0 Å². The molecule has 0 spiro atoms.